The second kappa shape index (κ2) is 7.71. The van der Waals surface area contributed by atoms with Gasteiger partial charge in [-0.05, 0) is 41.5 Å². The third-order valence-electron chi connectivity index (χ3n) is 5.10. The summed E-state index contributed by atoms with van der Waals surface area (Å²) in [4.78, 5) is 39.1. The molecule has 4 rings (SSSR count). The zero-order valence-corrected chi connectivity index (χ0v) is 15.7. The first-order valence-corrected chi connectivity index (χ1v) is 9.36. The molecule has 0 aliphatic carbocycles. The fraction of sp³-hybridized carbons (Fsp3) is 0.182. The minimum Gasteiger partial charge on any atom is -0.324 e. The Balaban J connectivity index is 1.70. The molecular formula is C22H19N3O4. The summed E-state index contributed by atoms with van der Waals surface area (Å²) in [6.07, 6.45) is 1.23. The normalized spacial score (nSPS) is 13.7. The molecule has 0 bridgehead atoms. The molecule has 2 amide bonds. The Morgan fingerprint density at radius 2 is 1.76 bits per heavy atom. The highest BCUT2D eigenvalue weighted by Gasteiger charge is 2.26. The van der Waals surface area contributed by atoms with Crippen LogP contribution in [-0.4, -0.2) is 34.9 Å². The zero-order chi connectivity index (χ0) is 20.4. The number of carbonyl (C=O) groups excluding carboxylic acids is 2. The molecule has 7 nitrogen and oxygen atoms in total. The number of rotatable bonds is 5. The number of nitro groups is 1. The van der Waals surface area contributed by atoms with Gasteiger partial charge in [-0.1, -0.05) is 30.3 Å². The number of nitro benzene ring substituents is 1. The number of non-ortho nitro benzene ring substituents is 1. The highest BCUT2D eigenvalue weighted by atomic mass is 16.6. The van der Waals surface area contributed by atoms with Gasteiger partial charge in [-0.2, -0.15) is 0 Å². The lowest BCUT2D eigenvalue weighted by Gasteiger charge is -2.28. The van der Waals surface area contributed by atoms with E-state index >= 15 is 0 Å². The van der Waals surface area contributed by atoms with Crippen molar-refractivity contribution in [2.24, 2.45) is 0 Å². The fourth-order valence-electron chi connectivity index (χ4n) is 3.52. The molecule has 146 valence electrons. The van der Waals surface area contributed by atoms with Crippen molar-refractivity contribution in [1.29, 1.82) is 0 Å². The number of benzene rings is 3. The van der Waals surface area contributed by atoms with E-state index < -0.39 is 4.92 Å². The number of anilines is 1. The molecule has 3 aromatic rings. The quantitative estimate of drug-likeness (QED) is 0.488. The van der Waals surface area contributed by atoms with Crippen LogP contribution in [0.15, 0.2) is 66.7 Å². The summed E-state index contributed by atoms with van der Waals surface area (Å²) in [5.41, 5.74) is 0.950. The Morgan fingerprint density at radius 1 is 1.03 bits per heavy atom. The number of amides is 2. The smallest absolute Gasteiger partial charge is 0.269 e. The maximum atomic E-state index is 13.4. The van der Waals surface area contributed by atoms with Gasteiger partial charge < -0.3 is 4.90 Å². The fourth-order valence-corrected chi connectivity index (χ4v) is 3.52. The molecule has 1 aliphatic heterocycles. The monoisotopic (exact) mass is 389 g/mol. The van der Waals surface area contributed by atoms with Crippen LogP contribution < -0.4 is 4.90 Å². The molecule has 0 N–H and O–H groups in total. The largest absolute Gasteiger partial charge is 0.324 e. The Bertz CT molecular complexity index is 1090. The highest BCUT2D eigenvalue weighted by molar-refractivity contribution is 6.08. The summed E-state index contributed by atoms with van der Waals surface area (Å²) in [6.45, 7) is 0.704. The van der Waals surface area contributed by atoms with Gasteiger partial charge in [-0.3, -0.25) is 24.6 Å². The van der Waals surface area contributed by atoms with Crippen LogP contribution in [0.5, 0.6) is 0 Å². The van der Waals surface area contributed by atoms with Crippen molar-refractivity contribution in [3.05, 3.63) is 82.4 Å². The molecule has 29 heavy (non-hydrogen) atoms. The molecule has 0 unspecified atom stereocenters. The molecule has 0 radical (unpaired) electrons. The second-order valence-corrected chi connectivity index (χ2v) is 6.97. The van der Waals surface area contributed by atoms with Gasteiger partial charge in [0.15, 0.2) is 0 Å². The molecule has 1 aliphatic rings. The van der Waals surface area contributed by atoms with E-state index in [0.717, 1.165) is 17.2 Å². The topological polar surface area (TPSA) is 83.8 Å². The van der Waals surface area contributed by atoms with Crippen LogP contribution >= 0.6 is 0 Å². The van der Waals surface area contributed by atoms with Crippen molar-refractivity contribution < 1.29 is 14.5 Å². The first-order chi connectivity index (χ1) is 14.0. The Kier molecular flexibility index (Phi) is 4.95. The molecule has 3 aromatic carbocycles. The maximum Gasteiger partial charge on any atom is 0.269 e. The minimum atomic E-state index is -0.483. The van der Waals surface area contributed by atoms with E-state index in [0.29, 0.717) is 24.2 Å². The van der Waals surface area contributed by atoms with E-state index in [9.17, 15) is 19.7 Å². The molecule has 1 fully saturated rings. The van der Waals surface area contributed by atoms with Gasteiger partial charge in [-0.25, -0.2) is 0 Å². The number of hydrogen-bond acceptors (Lipinski definition) is 4. The summed E-state index contributed by atoms with van der Waals surface area (Å²) >= 11 is 0. The number of fused-ring (bicyclic) bond motifs is 1. The van der Waals surface area contributed by atoms with Gasteiger partial charge in [0.2, 0.25) is 5.91 Å². The Morgan fingerprint density at radius 3 is 2.41 bits per heavy atom. The van der Waals surface area contributed by atoms with Crippen molar-refractivity contribution in [2.45, 2.75) is 12.8 Å². The van der Waals surface area contributed by atoms with E-state index in [2.05, 4.69) is 0 Å². The van der Waals surface area contributed by atoms with Gasteiger partial charge in [0.25, 0.3) is 11.6 Å². The summed E-state index contributed by atoms with van der Waals surface area (Å²) < 4.78 is 0. The molecule has 7 heteroatoms. The van der Waals surface area contributed by atoms with Crippen LogP contribution in [-0.2, 0) is 4.79 Å². The standard InChI is InChI=1S/C22H19N3O4/c26-21-6-3-13-23(21)15-24(19-9-11-20(12-10-19)25(28)29)22(27)18-8-7-16-4-1-2-5-17(16)14-18/h1-2,4-5,7-12,14H,3,6,13,15H2. The average molecular weight is 389 g/mol. The second-order valence-electron chi connectivity index (χ2n) is 6.97. The first-order valence-electron chi connectivity index (χ1n) is 9.36. The van der Waals surface area contributed by atoms with Gasteiger partial charge in [0.1, 0.15) is 6.67 Å². The highest BCUT2D eigenvalue weighted by Crippen LogP contribution is 2.24. The van der Waals surface area contributed by atoms with Crippen LogP contribution in [0.25, 0.3) is 10.8 Å². The van der Waals surface area contributed by atoms with Crippen molar-refractivity contribution in [1.82, 2.24) is 4.90 Å². The van der Waals surface area contributed by atoms with Gasteiger partial charge in [0.05, 0.1) is 4.92 Å². The maximum absolute atomic E-state index is 13.4. The van der Waals surface area contributed by atoms with E-state index in [1.165, 1.54) is 29.2 Å². The predicted octanol–water partition coefficient (Wildman–Crippen LogP) is 3.97. The molecule has 0 spiro atoms. The summed E-state index contributed by atoms with van der Waals surface area (Å²) in [6, 6.07) is 19.0. The first kappa shape index (κ1) is 18.6. The third-order valence-corrected chi connectivity index (χ3v) is 5.10. The number of nitrogens with zero attached hydrogens (tertiary/aromatic N) is 3. The third kappa shape index (κ3) is 3.80. The average Bonchev–Trinajstić information content (AvgIpc) is 3.15. The van der Waals surface area contributed by atoms with Crippen LogP contribution in [0, 0.1) is 10.1 Å². The van der Waals surface area contributed by atoms with Crippen molar-refractivity contribution >= 4 is 34.0 Å². The Hall–Kier alpha value is -3.74. The van der Waals surface area contributed by atoms with E-state index in [1.54, 1.807) is 11.0 Å². The van der Waals surface area contributed by atoms with Gasteiger partial charge in [0, 0.05) is 36.3 Å². The molecule has 1 heterocycles. The lowest BCUT2D eigenvalue weighted by Crippen LogP contribution is -2.42. The molecule has 0 saturated carbocycles. The predicted molar refractivity (Wildman–Crippen MR) is 110 cm³/mol. The van der Waals surface area contributed by atoms with Crippen molar-refractivity contribution in [2.75, 3.05) is 18.1 Å². The number of likely N-dealkylation sites (tertiary alicyclic amines) is 1. The molecule has 0 atom stereocenters. The van der Waals surface area contributed by atoms with Crippen molar-refractivity contribution in [3.63, 3.8) is 0 Å². The zero-order valence-electron chi connectivity index (χ0n) is 15.7. The molecule has 0 aromatic heterocycles. The minimum absolute atomic E-state index is 0.00298. The SMILES string of the molecule is O=C1CCCN1CN(C(=O)c1ccc2ccccc2c1)c1ccc([N+](=O)[O-])cc1. The number of carbonyl (C=O) groups is 2. The summed E-state index contributed by atoms with van der Waals surface area (Å²) in [5.74, 6) is -0.257. The molecular weight excluding hydrogens is 370 g/mol. The van der Waals surface area contributed by atoms with Crippen molar-refractivity contribution in [3.8, 4) is 0 Å². The lowest BCUT2D eigenvalue weighted by atomic mass is 10.1. The van der Waals surface area contributed by atoms with Crippen LogP contribution in [0.4, 0.5) is 11.4 Å². The van der Waals surface area contributed by atoms with Gasteiger partial charge in [-0.15, -0.1) is 0 Å². The van der Waals surface area contributed by atoms with Crippen LogP contribution in [0.2, 0.25) is 0 Å². The lowest BCUT2D eigenvalue weighted by molar-refractivity contribution is -0.384. The summed E-state index contributed by atoms with van der Waals surface area (Å²) in [7, 11) is 0. The van der Waals surface area contributed by atoms with Crippen LogP contribution in [0.1, 0.15) is 23.2 Å². The van der Waals surface area contributed by atoms with Gasteiger partial charge >= 0.3 is 0 Å². The van der Waals surface area contributed by atoms with E-state index in [1.807, 2.05) is 36.4 Å². The summed E-state index contributed by atoms with van der Waals surface area (Å²) in [5, 5.41) is 12.9. The Labute approximate surface area is 167 Å². The van der Waals surface area contributed by atoms with Crippen LogP contribution in [0.3, 0.4) is 0 Å². The van der Waals surface area contributed by atoms with E-state index in [4.69, 9.17) is 0 Å². The van der Waals surface area contributed by atoms with E-state index in [-0.39, 0.29) is 24.2 Å². The molecule has 1 saturated heterocycles. The number of hydrogen-bond donors (Lipinski definition) is 0.